The number of aromatic nitrogens is 1. The highest BCUT2D eigenvalue weighted by Crippen LogP contribution is 2.17. The molecule has 0 fully saturated rings. The van der Waals surface area contributed by atoms with E-state index < -0.39 is 12.0 Å². The third-order valence-corrected chi connectivity index (χ3v) is 3.81. The molecule has 0 bridgehead atoms. The SMILES string of the molecule is CCCCC(C(=O)O)N(C)Cc1scnc1C. The maximum atomic E-state index is 11.2. The van der Waals surface area contributed by atoms with Crippen molar-refractivity contribution in [2.24, 2.45) is 0 Å². The molecule has 5 heteroatoms. The van der Waals surface area contributed by atoms with Gasteiger partial charge in [-0.2, -0.15) is 0 Å². The zero-order valence-corrected chi connectivity index (χ0v) is 11.5. The van der Waals surface area contributed by atoms with Crippen LogP contribution >= 0.6 is 11.3 Å². The number of carboxylic acid groups (broad SMARTS) is 1. The van der Waals surface area contributed by atoms with E-state index in [2.05, 4.69) is 11.9 Å². The van der Waals surface area contributed by atoms with Crippen LogP contribution in [0.2, 0.25) is 0 Å². The van der Waals surface area contributed by atoms with Crippen molar-refractivity contribution in [3.05, 3.63) is 16.1 Å². The number of carboxylic acids is 1. The van der Waals surface area contributed by atoms with E-state index >= 15 is 0 Å². The van der Waals surface area contributed by atoms with Gasteiger partial charge in [0.15, 0.2) is 0 Å². The number of hydrogen-bond acceptors (Lipinski definition) is 4. The van der Waals surface area contributed by atoms with Gasteiger partial charge < -0.3 is 5.11 Å². The van der Waals surface area contributed by atoms with Crippen LogP contribution in [0.5, 0.6) is 0 Å². The van der Waals surface area contributed by atoms with Crippen molar-refractivity contribution in [1.82, 2.24) is 9.88 Å². The summed E-state index contributed by atoms with van der Waals surface area (Å²) < 4.78 is 0. The van der Waals surface area contributed by atoms with E-state index in [9.17, 15) is 9.90 Å². The zero-order chi connectivity index (χ0) is 12.8. The first-order chi connectivity index (χ1) is 8.06. The summed E-state index contributed by atoms with van der Waals surface area (Å²) in [6.07, 6.45) is 2.68. The minimum absolute atomic E-state index is 0.392. The Morgan fingerprint density at radius 2 is 2.35 bits per heavy atom. The summed E-state index contributed by atoms with van der Waals surface area (Å²) in [6.45, 7) is 4.70. The first-order valence-electron chi connectivity index (χ1n) is 5.88. The lowest BCUT2D eigenvalue weighted by molar-refractivity contribution is -0.143. The lowest BCUT2D eigenvalue weighted by Gasteiger charge is -2.24. The number of aliphatic carboxylic acids is 1. The summed E-state index contributed by atoms with van der Waals surface area (Å²) in [5.41, 5.74) is 2.81. The number of unbranched alkanes of at least 4 members (excludes halogenated alkanes) is 1. The second-order valence-electron chi connectivity index (χ2n) is 4.27. The first-order valence-corrected chi connectivity index (χ1v) is 6.76. The van der Waals surface area contributed by atoms with E-state index in [0.717, 1.165) is 23.4 Å². The number of aryl methyl sites for hydroxylation is 1. The normalized spacial score (nSPS) is 12.9. The molecule has 0 saturated heterocycles. The van der Waals surface area contributed by atoms with Crippen LogP contribution in [0.25, 0.3) is 0 Å². The third-order valence-electron chi connectivity index (χ3n) is 2.89. The Morgan fingerprint density at radius 3 is 2.82 bits per heavy atom. The van der Waals surface area contributed by atoms with Gasteiger partial charge in [0.25, 0.3) is 0 Å². The van der Waals surface area contributed by atoms with Crippen molar-refractivity contribution < 1.29 is 9.90 Å². The van der Waals surface area contributed by atoms with E-state index in [-0.39, 0.29) is 0 Å². The van der Waals surface area contributed by atoms with Gasteiger partial charge in [0, 0.05) is 11.4 Å². The number of nitrogens with zero attached hydrogens (tertiary/aromatic N) is 2. The van der Waals surface area contributed by atoms with Crippen LogP contribution < -0.4 is 0 Å². The average molecular weight is 256 g/mol. The molecule has 0 aliphatic rings. The predicted octanol–water partition coefficient (Wildman–Crippen LogP) is 2.53. The molecule has 1 N–H and O–H groups in total. The summed E-state index contributed by atoms with van der Waals surface area (Å²) in [5, 5.41) is 9.21. The Morgan fingerprint density at radius 1 is 1.65 bits per heavy atom. The number of likely N-dealkylation sites (N-methyl/N-ethyl adjacent to an activating group) is 1. The molecule has 0 aliphatic carbocycles. The first kappa shape index (κ1) is 14.1. The summed E-state index contributed by atoms with van der Waals surface area (Å²) in [5.74, 6) is -0.733. The fourth-order valence-electron chi connectivity index (χ4n) is 1.74. The molecule has 0 saturated carbocycles. The fraction of sp³-hybridized carbons (Fsp3) is 0.667. The molecule has 1 heterocycles. The molecule has 1 aromatic rings. The van der Waals surface area contributed by atoms with Crippen molar-refractivity contribution in [3.63, 3.8) is 0 Å². The number of carbonyl (C=O) groups is 1. The summed E-state index contributed by atoms with van der Waals surface area (Å²) in [7, 11) is 1.87. The fourth-order valence-corrected chi connectivity index (χ4v) is 2.58. The molecule has 1 atom stereocenters. The highest BCUT2D eigenvalue weighted by molar-refractivity contribution is 7.09. The van der Waals surface area contributed by atoms with Gasteiger partial charge in [-0.1, -0.05) is 19.8 Å². The van der Waals surface area contributed by atoms with E-state index in [1.807, 2.05) is 18.9 Å². The van der Waals surface area contributed by atoms with Crippen molar-refractivity contribution in [2.45, 2.75) is 45.7 Å². The second-order valence-corrected chi connectivity index (χ2v) is 5.21. The smallest absolute Gasteiger partial charge is 0.320 e. The van der Waals surface area contributed by atoms with Crippen molar-refractivity contribution in [1.29, 1.82) is 0 Å². The van der Waals surface area contributed by atoms with Gasteiger partial charge in [-0.25, -0.2) is 4.98 Å². The van der Waals surface area contributed by atoms with Crippen molar-refractivity contribution >= 4 is 17.3 Å². The third kappa shape index (κ3) is 4.09. The topological polar surface area (TPSA) is 53.4 Å². The molecule has 0 aromatic carbocycles. The maximum absolute atomic E-state index is 11.2. The Hall–Kier alpha value is -0.940. The van der Waals surface area contributed by atoms with Crippen molar-refractivity contribution in [2.75, 3.05) is 7.05 Å². The summed E-state index contributed by atoms with van der Waals surface area (Å²) >= 11 is 1.59. The summed E-state index contributed by atoms with van der Waals surface area (Å²) in [4.78, 5) is 18.4. The molecule has 0 aliphatic heterocycles. The minimum Gasteiger partial charge on any atom is -0.480 e. The van der Waals surface area contributed by atoms with Crippen molar-refractivity contribution in [3.8, 4) is 0 Å². The molecule has 1 rings (SSSR count). The van der Waals surface area contributed by atoms with Gasteiger partial charge in [-0.15, -0.1) is 11.3 Å². The van der Waals surface area contributed by atoms with Crippen LogP contribution in [0.1, 0.15) is 36.8 Å². The van der Waals surface area contributed by atoms with E-state index in [1.165, 1.54) is 0 Å². The Labute approximate surface area is 106 Å². The van der Waals surface area contributed by atoms with E-state index in [1.54, 1.807) is 16.8 Å². The molecule has 1 aromatic heterocycles. The predicted molar refractivity (Wildman–Crippen MR) is 69.3 cm³/mol. The Kier molecular flexibility index (Phi) is 5.58. The highest BCUT2D eigenvalue weighted by Gasteiger charge is 2.22. The van der Waals surface area contributed by atoms with Crippen LogP contribution in [-0.2, 0) is 11.3 Å². The van der Waals surface area contributed by atoms with Gasteiger partial charge in [-0.05, 0) is 20.4 Å². The van der Waals surface area contributed by atoms with Gasteiger partial charge in [0.05, 0.1) is 11.2 Å². The number of hydrogen-bond donors (Lipinski definition) is 1. The molecule has 17 heavy (non-hydrogen) atoms. The zero-order valence-electron chi connectivity index (χ0n) is 10.6. The quantitative estimate of drug-likeness (QED) is 0.814. The van der Waals surface area contributed by atoms with Gasteiger partial charge >= 0.3 is 5.97 Å². The molecule has 0 spiro atoms. The molecular formula is C12H20N2O2S. The lowest BCUT2D eigenvalue weighted by Crippen LogP contribution is -2.37. The monoisotopic (exact) mass is 256 g/mol. The Bertz CT molecular complexity index is 365. The highest BCUT2D eigenvalue weighted by atomic mass is 32.1. The minimum atomic E-state index is -0.733. The Balaban J connectivity index is 2.62. The molecule has 1 unspecified atom stereocenters. The van der Waals surface area contributed by atoms with E-state index in [4.69, 9.17) is 0 Å². The largest absolute Gasteiger partial charge is 0.480 e. The van der Waals surface area contributed by atoms with Gasteiger partial charge in [-0.3, -0.25) is 9.69 Å². The molecule has 0 amide bonds. The molecular weight excluding hydrogens is 236 g/mol. The number of thiazole rings is 1. The average Bonchev–Trinajstić information content (AvgIpc) is 2.64. The van der Waals surface area contributed by atoms with Crippen LogP contribution in [0.3, 0.4) is 0 Å². The van der Waals surface area contributed by atoms with Crippen LogP contribution in [0.4, 0.5) is 0 Å². The van der Waals surface area contributed by atoms with E-state index in [0.29, 0.717) is 13.0 Å². The van der Waals surface area contributed by atoms with Crippen LogP contribution in [0.15, 0.2) is 5.51 Å². The van der Waals surface area contributed by atoms with Crippen LogP contribution in [-0.4, -0.2) is 34.0 Å². The molecule has 96 valence electrons. The molecule has 0 radical (unpaired) electrons. The number of rotatable bonds is 7. The lowest BCUT2D eigenvalue weighted by atomic mass is 10.1. The standard InChI is InChI=1S/C12H20N2O2S/c1-4-5-6-10(12(15)16)14(3)7-11-9(2)13-8-17-11/h8,10H,4-7H2,1-3H3,(H,15,16). The molecule has 4 nitrogen and oxygen atoms in total. The van der Waals surface area contributed by atoms with Crippen LogP contribution in [0, 0.1) is 6.92 Å². The van der Waals surface area contributed by atoms with Gasteiger partial charge in [0.1, 0.15) is 6.04 Å². The second kappa shape index (κ2) is 6.71. The summed E-state index contributed by atoms with van der Waals surface area (Å²) in [6, 6.07) is -0.392. The maximum Gasteiger partial charge on any atom is 0.320 e. The van der Waals surface area contributed by atoms with Gasteiger partial charge in [0.2, 0.25) is 0 Å².